The van der Waals surface area contributed by atoms with Gasteiger partial charge in [-0.25, -0.2) is 4.98 Å². The molecule has 3 aromatic rings. The van der Waals surface area contributed by atoms with Crippen LogP contribution in [0.2, 0.25) is 0 Å². The predicted octanol–water partition coefficient (Wildman–Crippen LogP) is 3.20. The van der Waals surface area contributed by atoms with Crippen LogP contribution in [0.5, 0.6) is 0 Å². The van der Waals surface area contributed by atoms with Gasteiger partial charge in [-0.1, -0.05) is 12.1 Å². The summed E-state index contributed by atoms with van der Waals surface area (Å²) in [6.07, 6.45) is -0.605. The van der Waals surface area contributed by atoms with Gasteiger partial charge in [0.15, 0.2) is 5.58 Å². The molecule has 1 unspecified atom stereocenters. The van der Waals surface area contributed by atoms with Crippen LogP contribution in [-0.2, 0) is 0 Å². The van der Waals surface area contributed by atoms with Gasteiger partial charge in [-0.3, -0.25) is 10.1 Å². The molecular formula is C16H15N3O4. The molecule has 0 aliphatic rings. The van der Waals surface area contributed by atoms with Crippen molar-refractivity contribution in [1.29, 1.82) is 0 Å². The quantitative estimate of drug-likeness (QED) is 0.554. The molecule has 0 bridgehead atoms. The summed E-state index contributed by atoms with van der Waals surface area (Å²) < 4.78 is 5.63. The second-order valence-electron chi connectivity index (χ2n) is 5.21. The number of rotatable bonds is 5. The number of fused-ring (bicyclic) bond motifs is 1. The maximum atomic E-state index is 11.3. The third kappa shape index (κ3) is 3.14. The minimum atomic E-state index is -0.605. The Morgan fingerprint density at radius 1 is 1.35 bits per heavy atom. The Bertz CT molecular complexity index is 824. The summed E-state index contributed by atoms with van der Waals surface area (Å²) in [5.41, 5.74) is 2.10. The van der Waals surface area contributed by atoms with E-state index < -0.39 is 11.0 Å². The summed E-state index contributed by atoms with van der Waals surface area (Å²) in [6, 6.07) is 12.0. The third-order valence-electron chi connectivity index (χ3n) is 3.32. The number of hydrogen-bond acceptors (Lipinski definition) is 6. The Morgan fingerprint density at radius 2 is 2.13 bits per heavy atom. The second-order valence-corrected chi connectivity index (χ2v) is 5.21. The Labute approximate surface area is 131 Å². The monoisotopic (exact) mass is 313 g/mol. The van der Waals surface area contributed by atoms with Crippen LogP contribution in [0.1, 0.15) is 6.92 Å². The number of benzene rings is 2. The largest absolute Gasteiger partial charge is 0.436 e. The molecule has 0 saturated carbocycles. The lowest BCUT2D eigenvalue weighted by Gasteiger charge is -2.09. The van der Waals surface area contributed by atoms with E-state index in [0.29, 0.717) is 28.2 Å². The zero-order chi connectivity index (χ0) is 16.4. The Balaban J connectivity index is 1.99. The molecule has 0 fully saturated rings. The number of anilines is 1. The van der Waals surface area contributed by atoms with Gasteiger partial charge in [-0.05, 0) is 31.2 Å². The minimum Gasteiger partial charge on any atom is -0.436 e. The van der Waals surface area contributed by atoms with Crippen LogP contribution in [-0.4, -0.2) is 27.7 Å². The number of nitro benzene ring substituents is 1. The highest BCUT2D eigenvalue weighted by Crippen LogP contribution is 2.31. The number of nitrogens with one attached hydrogen (secondary N) is 1. The Hall–Kier alpha value is -2.93. The number of nitrogens with zero attached hydrogens (tertiary/aromatic N) is 2. The third-order valence-corrected chi connectivity index (χ3v) is 3.32. The minimum absolute atomic E-state index is 0.0922. The van der Waals surface area contributed by atoms with Crippen LogP contribution in [0, 0.1) is 10.1 Å². The molecule has 1 atom stereocenters. The van der Waals surface area contributed by atoms with E-state index in [9.17, 15) is 15.2 Å². The highest BCUT2D eigenvalue weighted by molar-refractivity contribution is 5.77. The highest BCUT2D eigenvalue weighted by Gasteiger charge is 2.18. The molecule has 3 rings (SSSR count). The first kappa shape index (κ1) is 15.0. The van der Waals surface area contributed by atoms with E-state index in [1.54, 1.807) is 25.1 Å². The fourth-order valence-corrected chi connectivity index (χ4v) is 2.22. The molecule has 2 N–H and O–H groups in total. The van der Waals surface area contributed by atoms with E-state index in [0.717, 1.165) is 0 Å². The van der Waals surface area contributed by atoms with Crippen LogP contribution < -0.4 is 5.32 Å². The van der Waals surface area contributed by atoms with Gasteiger partial charge >= 0.3 is 0 Å². The van der Waals surface area contributed by atoms with E-state index in [-0.39, 0.29) is 12.2 Å². The van der Waals surface area contributed by atoms with Gasteiger partial charge in [0.1, 0.15) is 11.2 Å². The first-order chi connectivity index (χ1) is 11.0. The molecule has 1 heterocycles. The molecule has 23 heavy (non-hydrogen) atoms. The Kier molecular flexibility index (Phi) is 3.94. The Morgan fingerprint density at radius 3 is 2.83 bits per heavy atom. The first-order valence-electron chi connectivity index (χ1n) is 7.11. The van der Waals surface area contributed by atoms with Gasteiger partial charge < -0.3 is 14.8 Å². The van der Waals surface area contributed by atoms with Crippen LogP contribution in [0.25, 0.3) is 22.6 Å². The SMILES string of the molecule is CC(O)CNc1ccc(-c2nc3ccccc3o2)cc1[N+](=O)[O-]. The number of aromatic nitrogens is 1. The average Bonchev–Trinajstić information content (AvgIpc) is 2.96. The molecule has 0 aliphatic heterocycles. The molecule has 1 aromatic heterocycles. The fraction of sp³-hybridized carbons (Fsp3) is 0.188. The molecule has 0 aliphatic carbocycles. The number of nitro groups is 1. The van der Waals surface area contributed by atoms with Crippen molar-refractivity contribution in [3.63, 3.8) is 0 Å². The van der Waals surface area contributed by atoms with Crippen molar-refractivity contribution in [2.75, 3.05) is 11.9 Å². The second kappa shape index (κ2) is 6.05. The van der Waals surface area contributed by atoms with Crippen molar-refractivity contribution in [2.24, 2.45) is 0 Å². The predicted molar refractivity (Wildman–Crippen MR) is 86.3 cm³/mol. The lowest BCUT2D eigenvalue weighted by atomic mass is 10.1. The zero-order valence-electron chi connectivity index (χ0n) is 12.4. The summed E-state index contributed by atoms with van der Waals surface area (Å²) in [6.45, 7) is 1.83. The van der Waals surface area contributed by atoms with Crippen molar-refractivity contribution >= 4 is 22.5 Å². The van der Waals surface area contributed by atoms with Crippen LogP contribution in [0.3, 0.4) is 0 Å². The van der Waals surface area contributed by atoms with Crippen molar-refractivity contribution in [3.05, 3.63) is 52.6 Å². The molecule has 0 amide bonds. The number of oxazole rings is 1. The zero-order valence-corrected chi connectivity index (χ0v) is 12.4. The van der Waals surface area contributed by atoms with Gasteiger partial charge in [0, 0.05) is 18.2 Å². The summed E-state index contributed by atoms with van der Waals surface area (Å²) in [5.74, 6) is 0.330. The van der Waals surface area contributed by atoms with Gasteiger partial charge in [-0.15, -0.1) is 0 Å². The maximum absolute atomic E-state index is 11.3. The molecule has 0 saturated heterocycles. The van der Waals surface area contributed by atoms with Gasteiger partial charge in [0.05, 0.1) is 11.0 Å². The molecule has 0 spiro atoms. The standard InChI is InChI=1S/C16H15N3O4/c1-10(20)9-17-12-7-6-11(8-14(12)19(21)22)16-18-13-4-2-3-5-15(13)23-16/h2-8,10,17,20H,9H2,1H3. The highest BCUT2D eigenvalue weighted by atomic mass is 16.6. The molecule has 118 valence electrons. The van der Waals surface area contributed by atoms with Gasteiger partial charge in [0.2, 0.25) is 5.89 Å². The van der Waals surface area contributed by atoms with Crippen LogP contribution in [0.15, 0.2) is 46.9 Å². The van der Waals surface area contributed by atoms with Crippen molar-refractivity contribution in [1.82, 2.24) is 4.98 Å². The number of hydrogen-bond donors (Lipinski definition) is 2. The van der Waals surface area contributed by atoms with Gasteiger partial charge in [0.25, 0.3) is 5.69 Å². The normalized spacial score (nSPS) is 12.3. The summed E-state index contributed by atoms with van der Waals surface area (Å²) in [5, 5.41) is 23.4. The van der Waals surface area contributed by atoms with E-state index in [1.165, 1.54) is 6.07 Å². The smallest absolute Gasteiger partial charge is 0.293 e. The summed E-state index contributed by atoms with van der Waals surface area (Å²) >= 11 is 0. The lowest BCUT2D eigenvalue weighted by molar-refractivity contribution is -0.383. The first-order valence-corrected chi connectivity index (χ1v) is 7.11. The van der Waals surface area contributed by atoms with Crippen molar-refractivity contribution < 1.29 is 14.4 Å². The molecule has 2 aromatic carbocycles. The summed E-state index contributed by atoms with van der Waals surface area (Å²) in [4.78, 5) is 15.1. The van der Waals surface area contributed by atoms with Crippen molar-refractivity contribution in [3.8, 4) is 11.5 Å². The molecule has 0 radical (unpaired) electrons. The van der Waals surface area contributed by atoms with E-state index in [2.05, 4.69) is 10.3 Å². The molecular weight excluding hydrogens is 298 g/mol. The van der Waals surface area contributed by atoms with Crippen molar-refractivity contribution in [2.45, 2.75) is 13.0 Å². The van der Waals surface area contributed by atoms with Crippen LogP contribution in [0.4, 0.5) is 11.4 Å². The average molecular weight is 313 g/mol. The fourth-order valence-electron chi connectivity index (χ4n) is 2.22. The lowest BCUT2D eigenvalue weighted by Crippen LogP contribution is -2.16. The molecule has 7 heteroatoms. The summed E-state index contributed by atoms with van der Waals surface area (Å²) in [7, 11) is 0. The maximum Gasteiger partial charge on any atom is 0.293 e. The number of aliphatic hydroxyl groups excluding tert-OH is 1. The van der Waals surface area contributed by atoms with E-state index in [1.807, 2.05) is 18.2 Å². The van der Waals surface area contributed by atoms with Crippen LogP contribution >= 0.6 is 0 Å². The number of aliphatic hydroxyl groups is 1. The molecule has 7 nitrogen and oxygen atoms in total. The van der Waals surface area contributed by atoms with Gasteiger partial charge in [-0.2, -0.15) is 0 Å². The number of para-hydroxylation sites is 2. The topological polar surface area (TPSA) is 101 Å². The van der Waals surface area contributed by atoms with E-state index >= 15 is 0 Å². The van der Waals surface area contributed by atoms with E-state index in [4.69, 9.17) is 4.42 Å².